The first kappa shape index (κ1) is 41.3. The molecule has 0 radical (unpaired) electrons. The molecule has 2 aliphatic rings. The van der Waals surface area contributed by atoms with Gasteiger partial charge in [-0.25, -0.2) is 15.0 Å². The van der Waals surface area contributed by atoms with Gasteiger partial charge in [0.2, 0.25) is 0 Å². The first-order valence-electron chi connectivity index (χ1n) is 16.4. The van der Waals surface area contributed by atoms with Crippen molar-refractivity contribution in [2.24, 2.45) is 22.7 Å². The van der Waals surface area contributed by atoms with E-state index in [2.05, 4.69) is 9.52 Å². The highest BCUT2D eigenvalue weighted by atomic mass is 16.6. The molecule has 0 unspecified atom stereocenters. The minimum atomic E-state index is -1.06. The standard InChI is InChI=1S/C26H44O9.C6H6N4O4/c1-16(13-23(30)33-11-9-7-5-4-6-8-10-22(28)29)12-20-25(32)24(31)19(15-34-20)14-21-26(35-21)17(2)18(3)27;7-6(11)9-8-3-4-1-2-5(14-4)10(12)13/h13,17-21,24-27,31-32H,4-12,14-15H2,1-3H3,(H,28,29);1-3H,(H3,7,9,11)/b16-13+;8-3+/t17-,18-,19-,20-,21-,24+,25-,26-;/m0./s1. The highest BCUT2D eigenvalue weighted by Crippen LogP contribution is 2.38. The molecule has 2 fully saturated rings. The quantitative estimate of drug-likeness (QED) is 0.0231. The van der Waals surface area contributed by atoms with Crippen LogP contribution in [0.2, 0.25) is 0 Å². The number of hydrogen-bond donors (Lipinski definition) is 6. The number of carboxylic acid groups (broad SMARTS) is 1. The zero-order valence-electron chi connectivity index (χ0n) is 28.1. The Morgan fingerprint density at radius 1 is 1.12 bits per heavy atom. The van der Waals surface area contributed by atoms with Crippen molar-refractivity contribution in [2.75, 3.05) is 13.2 Å². The molecule has 1 aromatic heterocycles. The molecule has 0 bridgehead atoms. The van der Waals surface area contributed by atoms with Crippen LogP contribution >= 0.6 is 0 Å². The summed E-state index contributed by atoms with van der Waals surface area (Å²) in [7, 11) is 0. The molecule has 17 nitrogen and oxygen atoms in total. The fourth-order valence-corrected chi connectivity index (χ4v) is 5.26. The van der Waals surface area contributed by atoms with Gasteiger partial charge in [0.15, 0.2) is 5.76 Å². The first-order valence-corrected chi connectivity index (χ1v) is 16.4. The summed E-state index contributed by atoms with van der Waals surface area (Å²) in [6.45, 7) is 6.07. The van der Waals surface area contributed by atoms with Crippen LogP contribution in [0.3, 0.4) is 0 Å². The average molecular weight is 699 g/mol. The first-order chi connectivity index (χ1) is 23.2. The number of hydrogen-bond acceptors (Lipinski definition) is 13. The summed E-state index contributed by atoms with van der Waals surface area (Å²) in [6, 6.07) is 1.68. The summed E-state index contributed by atoms with van der Waals surface area (Å²) in [4.78, 5) is 42.2. The van der Waals surface area contributed by atoms with Gasteiger partial charge in [0.1, 0.15) is 11.0 Å². The summed E-state index contributed by atoms with van der Waals surface area (Å²) in [6.07, 6.45) is 5.71. The fourth-order valence-electron chi connectivity index (χ4n) is 5.26. The van der Waals surface area contributed by atoms with E-state index < -0.39 is 53.2 Å². The Balaban J connectivity index is 0.000000495. The summed E-state index contributed by atoms with van der Waals surface area (Å²) in [5, 5.41) is 53.0. The number of primary amides is 1. The van der Waals surface area contributed by atoms with E-state index in [-0.39, 0.29) is 36.2 Å². The van der Waals surface area contributed by atoms with Crippen LogP contribution in [0.1, 0.15) is 84.3 Å². The largest absolute Gasteiger partial charge is 0.481 e. The number of hydrazone groups is 1. The van der Waals surface area contributed by atoms with E-state index in [1.54, 1.807) is 13.8 Å². The minimum absolute atomic E-state index is 0.0160. The van der Waals surface area contributed by atoms with Crippen molar-refractivity contribution in [3.8, 4) is 0 Å². The number of nitrogens with one attached hydrogen (secondary N) is 1. The molecule has 3 rings (SSSR count). The van der Waals surface area contributed by atoms with E-state index in [1.807, 2.05) is 12.3 Å². The lowest BCUT2D eigenvalue weighted by Gasteiger charge is -2.38. The minimum Gasteiger partial charge on any atom is -0.481 e. The number of furan rings is 1. The van der Waals surface area contributed by atoms with Crippen molar-refractivity contribution in [1.29, 1.82) is 0 Å². The molecule has 49 heavy (non-hydrogen) atoms. The maximum Gasteiger partial charge on any atom is 0.433 e. The number of carbonyl (C=O) groups excluding carboxylic acids is 2. The molecule has 0 spiro atoms. The number of nitrogens with two attached hydrogens (primary N) is 1. The molecular weight excluding hydrogens is 648 g/mol. The van der Waals surface area contributed by atoms with Crippen molar-refractivity contribution >= 4 is 30.1 Å². The third-order valence-corrected chi connectivity index (χ3v) is 8.25. The van der Waals surface area contributed by atoms with Crippen LogP contribution in [-0.2, 0) is 23.8 Å². The lowest BCUT2D eigenvalue weighted by atomic mass is 9.85. The van der Waals surface area contributed by atoms with E-state index in [0.717, 1.165) is 38.3 Å². The summed E-state index contributed by atoms with van der Waals surface area (Å²) in [5.74, 6) is -1.68. The molecule has 0 aliphatic carbocycles. The number of aliphatic hydroxyl groups excluding tert-OH is 3. The topological polar surface area (TPSA) is 270 Å². The third-order valence-electron chi connectivity index (χ3n) is 8.25. The van der Waals surface area contributed by atoms with Crippen molar-refractivity contribution in [3.05, 3.63) is 39.7 Å². The lowest BCUT2D eigenvalue weighted by Crippen LogP contribution is -2.50. The Labute approximate surface area is 284 Å². The number of carboxylic acids is 1. The van der Waals surface area contributed by atoms with Crippen LogP contribution in [0.5, 0.6) is 0 Å². The van der Waals surface area contributed by atoms with Crippen LogP contribution in [0.4, 0.5) is 10.7 Å². The molecule has 2 amide bonds. The Morgan fingerprint density at radius 3 is 2.41 bits per heavy atom. The van der Waals surface area contributed by atoms with Crippen LogP contribution < -0.4 is 11.2 Å². The van der Waals surface area contributed by atoms with Gasteiger partial charge in [-0.2, -0.15) is 5.10 Å². The van der Waals surface area contributed by atoms with Crippen LogP contribution in [0, 0.1) is 22.0 Å². The molecule has 0 aromatic carbocycles. The van der Waals surface area contributed by atoms with Crippen LogP contribution in [0.25, 0.3) is 0 Å². The Bertz CT molecular complexity index is 1270. The number of esters is 1. The van der Waals surface area contributed by atoms with E-state index in [4.69, 9.17) is 25.1 Å². The Morgan fingerprint density at radius 2 is 1.80 bits per heavy atom. The monoisotopic (exact) mass is 698 g/mol. The van der Waals surface area contributed by atoms with E-state index >= 15 is 0 Å². The van der Waals surface area contributed by atoms with E-state index in [0.29, 0.717) is 38.0 Å². The third kappa shape index (κ3) is 15.9. The molecule has 0 saturated carbocycles. The molecule has 2 aliphatic heterocycles. The van der Waals surface area contributed by atoms with Gasteiger partial charge in [0.05, 0.1) is 56.0 Å². The number of carbonyl (C=O) groups is 3. The molecular formula is C32H50N4O13. The number of epoxide rings is 1. The number of unbranched alkanes of at least 4 members (excludes halogenated alkanes) is 5. The predicted octanol–water partition coefficient (Wildman–Crippen LogP) is 2.78. The average Bonchev–Trinajstić information content (AvgIpc) is 3.63. The number of urea groups is 1. The number of aliphatic carboxylic acids is 1. The van der Waals surface area contributed by atoms with Crippen molar-refractivity contribution in [1.82, 2.24) is 5.43 Å². The van der Waals surface area contributed by atoms with Crippen LogP contribution in [0.15, 0.2) is 33.3 Å². The second-order valence-corrected chi connectivity index (χ2v) is 12.4. The maximum absolute atomic E-state index is 12.1. The highest BCUT2D eigenvalue weighted by molar-refractivity contribution is 5.82. The molecule has 8 atom stereocenters. The summed E-state index contributed by atoms with van der Waals surface area (Å²) >= 11 is 0. The van der Waals surface area contributed by atoms with Gasteiger partial charge in [-0.3, -0.25) is 14.9 Å². The molecule has 2 saturated heterocycles. The van der Waals surface area contributed by atoms with Gasteiger partial charge < -0.3 is 44.8 Å². The second-order valence-electron chi connectivity index (χ2n) is 12.4. The Hall–Kier alpha value is -3.90. The number of nitrogens with zero attached hydrogens (tertiary/aromatic N) is 2. The maximum atomic E-state index is 12.1. The number of ether oxygens (including phenoxy) is 3. The number of nitro groups is 1. The summed E-state index contributed by atoms with van der Waals surface area (Å²) < 4.78 is 21.4. The summed E-state index contributed by atoms with van der Waals surface area (Å²) in [5.41, 5.74) is 7.33. The van der Waals surface area contributed by atoms with Gasteiger partial charge >= 0.3 is 23.9 Å². The predicted molar refractivity (Wildman–Crippen MR) is 174 cm³/mol. The zero-order valence-corrected chi connectivity index (χ0v) is 28.1. The van der Waals surface area contributed by atoms with Crippen molar-refractivity contribution < 1.29 is 58.4 Å². The molecule has 17 heteroatoms. The van der Waals surface area contributed by atoms with E-state index in [9.17, 15) is 39.8 Å². The highest BCUT2D eigenvalue weighted by Gasteiger charge is 2.48. The van der Waals surface area contributed by atoms with Gasteiger partial charge in [0, 0.05) is 24.3 Å². The van der Waals surface area contributed by atoms with E-state index in [1.165, 1.54) is 18.2 Å². The normalized spacial score (nSPS) is 24.7. The second kappa shape index (κ2) is 21.2. The zero-order chi connectivity index (χ0) is 36.5. The smallest absolute Gasteiger partial charge is 0.433 e. The lowest BCUT2D eigenvalue weighted by molar-refractivity contribution is -0.402. The molecule has 3 heterocycles. The number of amides is 2. The Kier molecular flexibility index (Phi) is 17.9. The van der Waals surface area contributed by atoms with Crippen LogP contribution in [-0.4, -0.2) is 99.4 Å². The molecule has 1 aromatic rings. The van der Waals surface area contributed by atoms with Gasteiger partial charge in [-0.1, -0.05) is 38.2 Å². The molecule has 276 valence electrons. The van der Waals surface area contributed by atoms with Gasteiger partial charge in [0.25, 0.3) is 0 Å². The fraction of sp³-hybridized carbons (Fsp3) is 0.688. The van der Waals surface area contributed by atoms with Gasteiger partial charge in [-0.05, 0) is 45.6 Å². The number of aliphatic hydroxyl groups is 3. The van der Waals surface area contributed by atoms with Crippen molar-refractivity contribution in [3.63, 3.8) is 0 Å². The molecule has 7 N–H and O–H groups in total. The number of rotatable bonds is 19. The SMILES string of the molecule is C/C(=C\C(=O)OCCCCCCCCC(=O)O)C[C@@H]1OC[C@H](C[C@@H]2O[C@H]2[C@@H](C)[C@H](C)O)[C@@H](O)[C@H]1O.NC(=O)N/N=C/c1ccc([N+](=O)[O-])o1. The van der Waals surface area contributed by atoms with Gasteiger partial charge in [-0.15, -0.1) is 0 Å². The van der Waals surface area contributed by atoms with Crippen molar-refractivity contribution in [2.45, 2.75) is 115 Å².